The zero-order valence-electron chi connectivity index (χ0n) is 8.83. The molecule has 0 aliphatic heterocycles. The van der Waals surface area contributed by atoms with E-state index >= 15 is 0 Å². The van der Waals surface area contributed by atoms with Gasteiger partial charge in [-0.25, -0.2) is 0 Å². The first-order valence-corrected chi connectivity index (χ1v) is 6.98. The van der Waals surface area contributed by atoms with Crippen molar-refractivity contribution in [2.75, 3.05) is 18.1 Å². The highest BCUT2D eigenvalue weighted by Crippen LogP contribution is 2.42. The zero-order chi connectivity index (χ0) is 11.6. The summed E-state index contributed by atoms with van der Waals surface area (Å²) in [7, 11) is 0. The molecule has 4 nitrogen and oxygen atoms in total. The SMILES string of the molecule is CSC1(CNc2nc(Cl)nc(Cl)n2)CCC1. The maximum absolute atomic E-state index is 5.69. The summed E-state index contributed by atoms with van der Waals surface area (Å²) in [5.74, 6) is 0.449. The van der Waals surface area contributed by atoms with Crippen LogP contribution in [0.1, 0.15) is 19.3 Å². The Morgan fingerprint density at radius 2 is 1.88 bits per heavy atom. The van der Waals surface area contributed by atoms with Crippen molar-refractivity contribution in [3.8, 4) is 0 Å². The van der Waals surface area contributed by atoms with Crippen molar-refractivity contribution in [2.24, 2.45) is 0 Å². The molecule has 0 unspecified atom stereocenters. The van der Waals surface area contributed by atoms with Gasteiger partial charge in [0.25, 0.3) is 0 Å². The minimum Gasteiger partial charge on any atom is -0.353 e. The molecule has 1 aromatic rings. The van der Waals surface area contributed by atoms with Gasteiger partial charge in [0.15, 0.2) is 0 Å². The molecule has 7 heteroatoms. The number of hydrogen-bond acceptors (Lipinski definition) is 5. The van der Waals surface area contributed by atoms with E-state index in [4.69, 9.17) is 23.2 Å². The Kier molecular flexibility index (Phi) is 3.77. The van der Waals surface area contributed by atoms with Gasteiger partial charge in [-0.2, -0.15) is 26.7 Å². The van der Waals surface area contributed by atoms with Crippen molar-refractivity contribution in [1.82, 2.24) is 15.0 Å². The standard InChI is InChI=1S/C9H12Cl2N4S/c1-16-9(3-2-4-9)5-12-8-14-6(10)13-7(11)15-8/h2-5H2,1H3,(H,12,13,14,15). The van der Waals surface area contributed by atoms with E-state index in [-0.39, 0.29) is 10.6 Å². The lowest BCUT2D eigenvalue weighted by atomic mass is 9.84. The molecule has 88 valence electrons. The minimum atomic E-state index is 0.120. The topological polar surface area (TPSA) is 50.7 Å². The molecule has 1 aliphatic carbocycles. The number of rotatable bonds is 4. The molecule has 1 aliphatic rings. The molecular formula is C9H12Cl2N4S. The van der Waals surface area contributed by atoms with Crippen LogP contribution in [0.25, 0.3) is 0 Å². The third kappa shape index (κ3) is 2.70. The van der Waals surface area contributed by atoms with E-state index in [2.05, 4.69) is 26.5 Å². The molecular weight excluding hydrogens is 267 g/mol. The molecule has 2 rings (SSSR count). The molecule has 1 heterocycles. The van der Waals surface area contributed by atoms with E-state index in [0.717, 1.165) is 6.54 Å². The van der Waals surface area contributed by atoms with Crippen molar-refractivity contribution in [1.29, 1.82) is 0 Å². The second kappa shape index (κ2) is 4.94. The molecule has 1 saturated carbocycles. The van der Waals surface area contributed by atoms with Gasteiger partial charge in [0.1, 0.15) is 0 Å². The number of aromatic nitrogens is 3. The average Bonchev–Trinajstić information content (AvgIpc) is 2.15. The number of halogens is 2. The fourth-order valence-corrected chi connectivity index (χ4v) is 2.95. The molecule has 0 radical (unpaired) electrons. The van der Waals surface area contributed by atoms with Crippen LogP contribution in [0.4, 0.5) is 5.95 Å². The molecule has 1 fully saturated rings. The van der Waals surface area contributed by atoms with Gasteiger partial charge in [-0.05, 0) is 42.3 Å². The van der Waals surface area contributed by atoms with E-state index in [1.165, 1.54) is 19.3 Å². The number of nitrogens with one attached hydrogen (secondary N) is 1. The van der Waals surface area contributed by atoms with Gasteiger partial charge in [-0.15, -0.1) is 0 Å². The Bertz CT molecular complexity index is 358. The van der Waals surface area contributed by atoms with Crippen LogP contribution in [0.2, 0.25) is 10.6 Å². The minimum absolute atomic E-state index is 0.120. The lowest BCUT2D eigenvalue weighted by Crippen LogP contribution is -2.40. The molecule has 0 aromatic carbocycles. The van der Waals surface area contributed by atoms with Crippen molar-refractivity contribution in [2.45, 2.75) is 24.0 Å². The zero-order valence-corrected chi connectivity index (χ0v) is 11.2. The maximum Gasteiger partial charge on any atom is 0.228 e. The summed E-state index contributed by atoms with van der Waals surface area (Å²) in [6.07, 6.45) is 5.89. The van der Waals surface area contributed by atoms with Crippen LogP contribution < -0.4 is 5.32 Å². The van der Waals surface area contributed by atoms with Crippen molar-refractivity contribution in [3.05, 3.63) is 10.6 Å². The van der Waals surface area contributed by atoms with Crippen LogP contribution in [0.3, 0.4) is 0 Å². The maximum atomic E-state index is 5.69. The Morgan fingerprint density at radius 3 is 2.31 bits per heavy atom. The third-order valence-electron chi connectivity index (χ3n) is 2.85. The van der Waals surface area contributed by atoms with Crippen LogP contribution in [0.15, 0.2) is 0 Å². The van der Waals surface area contributed by atoms with E-state index in [0.29, 0.717) is 10.7 Å². The lowest BCUT2D eigenvalue weighted by molar-refractivity contribution is 0.379. The molecule has 1 aromatic heterocycles. The molecule has 0 amide bonds. The van der Waals surface area contributed by atoms with Crippen LogP contribution in [0.5, 0.6) is 0 Å². The second-order valence-electron chi connectivity index (χ2n) is 3.79. The van der Waals surface area contributed by atoms with Gasteiger partial charge in [-0.1, -0.05) is 6.42 Å². The quantitative estimate of drug-likeness (QED) is 0.918. The van der Waals surface area contributed by atoms with Crippen molar-refractivity contribution < 1.29 is 0 Å². The summed E-state index contributed by atoms with van der Waals surface area (Å²) >= 11 is 13.3. The normalized spacial score (nSPS) is 17.9. The van der Waals surface area contributed by atoms with Crippen LogP contribution in [-0.4, -0.2) is 32.5 Å². The molecule has 16 heavy (non-hydrogen) atoms. The summed E-state index contributed by atoms with van der Waals surface area (Å²) in [6.45, 7) is 0.838. The van der Waals surface area contributed by atoms with Crippen LogP contribution >= 0.6 is 35.0 Å². The van der Waals surface area contributed by atoms with Crippen LogP contribution in [0, 0.1) is 0 Å². The first-order valence-electron chi connectivity index (χ1n) is 5.00. The van der Waals surface area contributed by atoms with E-state index < -0.39 is 0 Å². The second-order valence-corrected chi connectivity index (χ2v) is 5.74. The van der Waals surface area contributed by atoms with Crippen molar-refractivity contribution in [3.63, 3.8) is 0 Å². The first kappa shape index (κ1) is 12.2. The average molecular weight is 279 g/mol. The Morgan fingerprint density at radius 1 is 1.25 bits per heavy atom. The fourth-order valence-electron chi connectivity index (χ4n) is 1.67. The smallest absolute Gasteiger partial charge is 0.228 e. The predicted octanol–water partition coefficient (Wildman–Crippen LogP) is 2.88. The van der Waals surface area contributed by atoms with E-state index in [1.807, 2.05) is 11.8 Å². The molecule has 1 N–H and O–H groups in total. The van der Waals surface area contributed by atoms with Crippen LogP contribution in [-0.2, 0) is 0 Å². The van der Waals surface area contributed by atoms with Gasteiger partial charge >= 0.3 is 0 Å². The highest BCUT2D eigenvalue weighted by molar-refractivity contribution is 8.00. The van der Waals surface area contributed by atoms with E-state index in [9.17, 15) is 0 Å². The fraction of sp³-hybridized carbons (Fsp3) is 0.667. The monoisotopic (exact) mass is 278 g/mol. The number of thioether (sulfide) groups is 1. The predicted molar refractivity (Wildman–Crippen MR) is 68.4 cm³/mol. The van der Waals surface area contributed by atoms with Gasteiger partial charge in [0, 0.05) is 11.3 Å². The first-order chi connectivity index (χ1) is 7.63. The number of anilines is 1. The molecule has 0 bridgehead atoms. The largest absolute Gasteiger partial charge is 0.353 e. The number of hydrogen-bond donors (Lipinski definition) is 1. The molecule has 0 atom stereocenters. The Labute approximate surface area is 109 Å². The van der Waals surface area contributed by atoms with Gasteiger partial charge in [-0.3, -0.25) is 0 Å². The summed E-state index contributed by atoms with van der Waals surface area (Å²) in [5.41, 5.74) is 0. The summed E-state index contributed by atoms with van der Waals surface area (Å²) in [6, 6.07) is 0. The Balaban J connectivity index is 1.98. The van der Waals surface area contributed by atoms with Gasteiger partial charge in [0.05, 0.1) is 0 Å². The van der Waals surface area contributed by atoms with E-state index in [1.54, 1.807) is 0 Å². The third-order valence-corrected chi connectivity index (χ3v) is 4.60. The highest BCUT2D eigenvalue weighted by Gasteiger charge is 2.35. The van der Waals surface area contributed by atoms with Gasteiger partial charge < -0.3 is 5.32 Å². The summed E-state index contributed by atoms with van der Waals surface area (Å²) < 4.78 is 0.325. The summed E-state index contributed by atoms with van der Waals surface area (Å²) in [4.78, 5) is 11.6. The molecule has 0 spiro atoms. The van der Waals surface area contributed by atoms with Gasteiger partial charge in [0.2, 0.25) is 16.5 Å². The van der Waals surface area contributed by atoms with Crippen molar-refractivity contribution >= 4 is 40.9 Å². The Hall–Kier alpha value is -0.260. The summed E-state index contributed by atoms with van der Waals surface area (Å²) in [5, 5.41) is 3.41. The molecule has 0 saturated heterocycles. The lowest BCUT2D eigenvalue weighted by Gasteiger charge is -2.40. The highest BCUT2D eigenvalue weighted by atomic mass is 35.5. The number of nitrogens with zero attached hydrogens (tertiary/aromatic N) is 3.